The van der Waals surface area contributed by atoms with Crippen molar-refractivity contribution in [2.75, 3.05) is 10.6 Å². The van der Waals surface area contributed by atoms with E-state index in [9.17, 15) is 9.90 Å². The van der Waals surface area contributed by atoms with Crippen LogP contribution in [0.25, 0.3) is 0 Å². The van der Waals surface area contributed by atoms with Crippen LogP contribution in [0.4, 0.5) is 17.3 Å². The summed E-state index contributed by atoms with van der Waals surface area (Å²) in [5.41, 5.74) is 1.04. The number of nitrogens with zero attached hydrogens (tertiary/aromatic N) is 3. The number of aromatic carboxylic acids is 1. The number of nitriles is 1. The van der Waals surface area contributed by atoms with Gasteiger partial charge in [0.05, 0.1) is 11.3 Å². The first-order chi connectivity index (χ1) is 10.5. The van der Waals surface area contributed by atoms with E-state index in [1.54, 1.807) is 18.2 Å². The van der Waals surface area contributed by atoms with Crippen molar-refractivity contribution in [2.45, 2.75) is 19.9 Å². The zero-order valence-corrected chi connectivity index (χ0v) is 12.2. The summed E-state index contributed by atoms with van der Waals surface area (Å²) in [6, 6.07) is 6.97. The zero-order valence-electron chi connectivity index (χ0n) is 12.2. The first-order valence-corrected chi connectivity index (χ1v) is 6.62. The topological polar surface area (TPSA) is 111 Å². The molecule has 0 aromatic carbocycles. The Hall–Kier alpha value is -3.14. The van der Waals surface area contributed by atoms with E-state index in [2.05, 4.69) is 20.6 Å². The Morgan fingerprint density at radius 1 is 1.27 bits per heavy atom. The molecule has 7 heteroatoms. The average Bonchev–Trinajstić information content (AvgIpc) is 2.47. The quantitative estimate of drug-likeness (QED) is 0.777. The fraction of sp³-hybridized carbons (Fsp3) is 0.200. The number of nitrogens with one attached hydrogen (secondary N) is 2. The van der Waals surface area contributed by atoms with Crippen molar-refractivity contribution in [3.8, 4) is 6.07 Å². The molecule has 0 aliphatic carbocycles. The summed E-state index contributed by atoms with van der Waals surface area (Å²) in [6.07, 6.45) is 2.74. The van der Waals surface area contributed by atoms with Gasteiger partial charge in [0.2, 0.25) is 0 Å². The summed E-state index contributed by atoms with van der Waals surface area (Å²) in [6.45, 7) is 3.84. The number of rotatable bonds is 5. The molecular formula is C15H15N5O2. The molecule has 0 saturated heterocycles. The minimum Gasteiger partial charge on any atom is -0.478 e. The smallest absolute Gasteiger partial charge is 0.339 e. The number of carboxylic acid groups (broad SMARTS) is 1. The van der Waals surface area contributed by atoms with Gasteiger partial charge in [-0.3, -0.25) is 0 Å². The van der Waals surface area contributed by atoms with Gasteiger partial charge < -0.3 is 15.7 Å². The number of anilines is 3. The average molecular weight is 297 g/mol. The molecule has 0 atom stereocenters. The van der Waals surface area contributed by atoms with E-state index in [-0.39, 0.29) is 11.6 Å². The molecule has 3 N–H and O–H groups in total. The number of hydrogen-bond acceptors (Lipinski definition) is 6. The van der Waals surface area contributed by atoms with Gasteiger partial charge in [-0.25, -0.2) is 14.8 Å². The maximum absolute atomic E-state index is 11.2. The summed E-state index contributed by atoms with van der Waals surface area (Å²) < 4.78 is 0. The van der Waals surface area contributed by atoms with Crippen molar-refractivity contribution in [1.29, 1.82) is 5.26 Å². The van der Waals surface area contributed by atoms with Gasteiger partial charge in [0.25, 0.3) is 0 Å². The van der Waals surface area contributed by atoms with E-state index in [1.807, 2.05) is 19.9 Å². The van der Waals surface area contributed by atoms with Gasteiger partial charge in [0.1, 0.15) is 23.3 Å². The molecule has 0 saturated carbocycles. The second kappa shape index (κ2) is 6.54. The maximum atomic E-state index is 11.2. The second-order valence-electron chi connectivity index (χ2n) is 4.89. The van der Waals surface area contributed by atoms with Crippen LogP contribution in [-0.4, -0.2) is 27.1 Å². The molecule has 0 amide bonds. The van der Waals surface area contributed by atoms with Crippen LogP contribution in [0.5, 0.6) is 0 Å². The summed E-state index contributed by atoms with van der Waals surface area (Å²) in [7, 11) is 0. The first kappa shape index (κ1) is 15.3. The highest BCUT2D eigenvalue weighted by molar-refractivity contribution is 5.94. The lowest BCUT2D eigenvalue weighted by atomic mass is 10.2. The van der Waals surface area contributed by atoms with Crippen molar-refractivity contribution in [2.24, 2.45) is 0 Å². The minimum atomic E-state index is -1.04. The van der Waals surface area contributed by atoms with Gasteiger partial charge in [-0.1, -0.05) is 0 Å². The number of pyridine rings is 2. The van der Waals surface area contributed by atoms with Crippen LogP contribution in [-0.2, 0) is 0 Å². The monoisotopic (exact) mass is 297 g/mol. The molecule has 7 nitrogen and oxygen atoms in total. The van der Waals surface area contributed by atoms with Gasteiger partial charge >= 0.3 is 5.97 Å². The normalized spacial score (nSPS) is 10.1. The van der Waals surface area contributed by atoms with E-state index in [4.69, 9.17) is 5.26 Å². The highest BCUT2D eigenvalue weighted by atomic mass is 16.4. The van der Waals surface area contributed by atoms with E-state index >= 15 is 0 Å². The first-order valence-electron chi connectivity index (χ1n) is 6.62. The van der Waals surface area contributed by atoms with E-state index < -0.39 is 5.97 Å². The molecule has 0 spiro atoms. The largest absolute Gasteiger partial charge is 0.478 e. The van der Waals surface area contributed by atoms with E-state index in [1.165, 1.54) is 12.4 Å². The Kier molecular flexibility index (Phi) is 4.53. The SMILES string of the molecule is CC(C)Nc1cc(Nc2ccc(C#N)cn2)ncc1C(=O)O. The van der Waals surface area contributed by atoms with Crippen molar-refractivity contribution >= 4 is 23.3 Å². The van der Waals surface area contributed by atoms with Crippen molar-refractivity contribution < 1.29 is 9.90 Å². The highest BCUT2D eigenvalue weighted by Gasteiger charge is 2.13. The number of carboxylic acids is 1. The van der Waals surface area contributed by atoms with Crippen LogP contribution in [0.15, 0.2) is 30.6 Å². The van der Waals surface area contributed by atoms with Crippen molar-refractivity contribution in [3.05, 3.63) is 41.7 Å². The maximum Gasteiger partial charge on any atom is 0.339 e. The van der Waals surface area contributed by atoms with Crippen LogP contribution >= 0.6 is 0 Å². The Morgan fingerprint density at radius 3 is 2.55 bits per heavy atom. The third-order valence-electron chi connectivity index (χ3n) is 2.73. The molecule has 2 heterocycles. The van der Waals surface area contributed by atoms with Gasteiger partial charge in [-0.15, -0.1) is 0 Å². The Morgan fingerprint density at radius 2 is 2.00 bits per heavy atom. The molecule has 0 aliphatic rings. The van der Waals surface area contributed by atoms with E-state index in [0.29, 0.717) is 22.9 Å². The van der Waals surface area contributed by atoms with Crippen LogP contribution in [0.1, 0.15) is 29.8 Å². The Bertz CT molecular complexity index is 720. The van der Waals surface area contributed by atoms with Crippen LogP contribution in [0, 0.1) is 11.3 Å². The molecule has 0 fully saturated rings. The van der Waals surface area contributed by atoms with Gasteiger partial charge in [-0.05, 0) is 26.0 Å². The molecule has 0 radical (unpaired) electrons. The minimum absolute atomic E-state index is 0.0846. The fourth-order valence-electron chi connectivity index (χ4n) is 1.79. The van der Waals surface area contributed by atoms with Gasteiger partial charge in [-0.2, -0.15) is 5.26 Å². The number of hydrogen-bond donors (Lipinski definition) is 3. The number of carbonyl (C=O) groups is 1. The predicted octanol–water partition coefficient (Wildman–Crippen LogP) is 2.61. The molecule has 2 aromatic heterocycles. The molecule has 2 rings (SSSR count). The zero-order chi connectivity index (χ0) is 16.1. The Balaban J connectivity index is 2.27. The summed E-state index contributed by atoms with van der Waals surface area (Å²) in [5.74, 6) is -0.0610. The third-order valence-corrected chi connectivity index (χ3v) is 2.73. The highest BCUT2D eigenvalue weighted by Crippen LogP contribution is 2.21. The third kappa shape index (κ3) is 3.70. The molecule has 0 bridgehead atoms. The van der Waals surface area contributed by atoms with Crippen LogP contribution in [0.3, 0.4) is 0 Å². The molecule has 22 heavy (non-hydrogen) atoms. The molecule has 2 aromatic rings. The number of aromatic nitrogens is 2. The summed E-state index contributed by atoms with van der Waals surface area (Å²) in [5, 5.41) is 24.0. The van der Waals surface area contributed by atoms with Gasteiger partial charge in [0, 0.05) is 24.5 Å². The van der Waals surface area contributed by atoms with Crippen LogP contribution in [0.2, 0.25) is 0 Å². The molecule has 112 valence electrons. The molecular weight excluding hydrogens is 282 g/mol. The van der Waals surface area contributed by atoms with Crippen molar-refractivity contribution in [3.63, 3.8) is 0 Å². The van der Waals surface area contributed by atoms with E-state index in [0.717, 1.165) is 0 Å². The molecule has 0 unspecified atom stereocenters. The lowest BCUT2D eigenvalue weighted by Gasteiger charge is -2.14. The van der Waals surface area contributed by atoms with Crippen molar-refractivity contribution in [1.82, 2.24) is 9.97 Å². The van der Waals surface area contributed by atoms with Gasteiger partial charge in [0.15, 0.2) is 0 Å². The molecule has 0 aliphatic heterocycles. The summed E-state index contributed by atoms with van der Waals surface area (Å²) in [4.78, 5) is 19.4. The Labute approximate surface area is 127 Å². The predicted molar refractivity (Wildman–Crippen MR) is 82.2 cm³/mol. The second-order valence-corrected chi connectivity index (χ2v) is 4.89. The lowest BCUT2D eigenvalue weighted by molar-refractivity contribution is 0.0697. The lowest BCUT2D eigenvalue weighted by Crippen LogP contribution is -2.14. The fourth-order valence-corrected chi connectivity index (χ4v) is 1.79. The summed E-state index contributed by atoms with van der Waals surface area (Å²) >= 11 is 0. The standard InChI is InChI=1S/C15H15N5O2/c1-9(2)19-12-5-14(18-8-11(12)15(21)22)20-13-4-3-10(6-16)7-17-13/h3-5,7-9H,1-2H3,(H,21,22)(H2,17,18,19,20). The van der Waals surface area contributed by atoms with Crippen LogP contribution < -0.4 is 10.6 Å².